The van der Waals surface area contributed by atoms with Crippen molar-refractivity contribution >= 4 is 0 Å². The van der Waals surface area contributed by atoms with Crippen LogP contribution in [0, 0.1) is 29.9 Å². The maximum atomic E-state index is 13.8. The number of rotatable bonds is 3. The van der Waals surface area contributed by atoms with Crippen LogP contribution in [0.25, 0.3) is 0 Å². The first kappa shape index (κ1) is 14.0. The van der Waals surface area contributed by atoms with E-state index in [4.69, 9.17) is 15.1 Å². The Bertz CT molecular complexity index is 670. The molecular formula is C15H11F2NO2. The molecule has 0 spiro atoms. The van der Waals surface area contributed by atoms with E-state index >= 15 is 0 Å². The Kier molecular flexibility index (Phi) is 3.97. The molecule has 0 fully saturated rings. The second kappa shape index (κ2) is 5.68. The van der Waals surface area contributed by atoms with Gasteiger partial charge in [0.25, 0.3) is 0 Å². The Hall–Kier alpha value is -2.45. The van der Waals surface area contributed by atoms with Gasteiger partial charge in [-0.1, -0.05) is 6.07 Å². The molecule has 0 atom stereocenters. The maximum Gasteiger partial charge on any atom is 0.198 e. The number of aliphatic hydroxyl groups is 1. The summed E-state index contributed by atoms with van der Waals surface area (Å²) in [6.45, 7) is 1.24. The minimum absolute atomic E-state index is 0.120. The van der Waals surface area contributed by atoms with Gasteiger partial charge in [-0.05, 0) is 42.3 Å². The summed E-state index contributed by atoms with van der Waals surface area (Å²) in [5, 5.41) is 17.7. The van der Waals surface area contributed by atoms with E-state index in [1.807, 2.05) is 6.07 Å². The molecule has 0 aliphatic carbocycles. The van der Waals surface area contributed by atoms with Crippen LogP contribution in [0.1, 0.15) is 16.7 Å². The zero-order valence-corrected chi connectivity index (χ0v) is 10.7. The first-order valence-electron chi connectivity index (χ1n) is 5.82. The number of halogens is 2. The summed E-state index contributed by atoms with van der Waals surface area (Å²) < 4.78 is 32.7. The highest BCUT2D eigenvalue weighted by atomic mass is 19.1. The zero-order valence-electron chi connectivity index (χ0n) is 10.7. The van der Waals surface area contributed by atoms with Gasteiger partial charge in [-0.25, -0.2) is 8.78 Å². The highest BCUT2D eigenvalue weighted by molar-refractivity contribution is 5.44. The Balaban J connectivity index is 2.43. The Morgan fingerprint density at radius 1 is 1.20 bits per heavy atom. The summed E-state index contributed by atoms with van der Waals surface area (Å²) in [6, 6.07) is 8.56. The van der Waals surface area contributed by atoms with E-state index in [1.54, 1.807) is 19.1 Å². The van der Waals surface area contributed by atoms with E-state index in [-0.39, 0.29) is 11.3 Å². The lowest BCUT2D eigenvalue weighted by atomic mass is 10.1. The number of nitrogens with zero attached hydrogens (tertiary/aromatic N) is 1. The topological polar surface area (TPSA) is 53.2 Å². The second-order valence-electron chi connectivity index (χ2n) is 4.24. The highest BCUT2D eigenvalue weighted by Crippen LogP contribution is 2.31. The molecule has 0 aliphatic rings. The van der Waals surface area contributed by atoms with Gasteiger partial charge in [0.15, 0.2) is 17.4 Å². The fourth-order valence-electron chi connectivity index (χ4n) is 1.69. The van der Waals surface area contributed by atoms with E-state index in [0.717, 1.165) is 12.1 Å². The molecule has 2 aromatic carbocycles. The van der Waals surface area contributed by atoms with E-state index in [0.29, 0.717) is 11.1 Å². The van der Waals surface area contributed by atoms with Crippen LogP contribution in [0.5, 0.6) is 11.5 Å². The van der Waals surface area contributed by atoms with Crippen LogP contribution < -0.4 is 4.74 Å². The molecule has 102 valence electrons. The number of benzene rings is 2. The van der Waals surface area contributed by atoms with E-state index in [9.17, 15) is 8.78 Å². The Morgan fingerprint density at radius 2 is 1.85 bits per heavy atom. The van der Waals surface area contributed by atoms with Gasteiger partial charge in [0.2, 0.25) is 0 Å². The molecular weight excluding hydrogens is 264 g/mol. The van der Waals surface area contributed by atoms with Crippen molar-refractivity contribution in [2.75, 3.05) is 0 Å². The fraction of sp³-hybridized carbons (Fsp3) is 0.133. The van der Waals surface area contributed by atoms with Crippen LogP contribution in [-0.4, -0.2) is 5.11 Å². The molecule has 0 saturated carbocycles. The predicted molar refractivity (Wildman–Crippen MR) is 68.2 cm³/mol. The van der Waals surface area contributed by atoms with Crippen molar-refractivity contribution < 1.29 is 18.6 Å². The SMILES string of the molecule is Cc1ccc(C#N)cc1Oc1c(F)cc(CO)cc1F. The van der Waals surface area contributed by atoms with Gasteiger partial charge in [0.05, 0.1) is 18.2 Å². The van der Waals surface area contributed by atoms with Crippen molar-refractivity contribution in [3.63, 3.8) is 0 Å². The standard InChI is InChI=1S/C15H11F2NO2/c1-9-2-3-10(7-18)6-14(9)20-15-12(16)4-11(8-19)5-13(15)17/h2-6,19H,8H2,1H3. The quantitative estimate of drug-likeness (QED) is 0.933. The molecule has 1 N–H and O–H groups in total. The number of hydrogen-bond acceptors (Lipinski definition) is 3. The predicted octanol–water partition coefficient (Wildman–Crippen LogP) is 3.43. The van der Waals surface area contributed by atoms with Crippen LogP contribution in [-0.2, 0) is 6.61 Å². The summed E-state index contributed by atoms with van der Waals surface area (Å²) in [5.41, 5.74) is 1.10. The maximum absolute atomic E-state index is 13.8. The smallest absolute Gasteiger partial charge is 0.198 e. The highest BCUT2D eigenvalue weighted by Gasteiger charge is 2.14. The third-order valence-electron chi connectivity index (χ3n) is 2.77. The minimum Gasteiger partial charge on any atom is -0.451 e. The molecule has 5 heteroatoms. The first-order chi connectivity index (χ1) is 9.55. The van der Waals surface area contributed by atoms with Gasteiger partial charge in [-0.3, -0.25) is 0 Å². The van der Waals surface area contributed by atoms with E-state index in [1.165, 1.54) is 6.07 Å². The molecule has 0 radical (unpaired) electrons. The van der Waals surface area contributed by atoms with Crippen molar-refractivity contribution in [2.45, 2.75) is 13.5 Å². The van der Waals surface area contributed by atoms with Crippen LogP contribution >= 0.6 is 0 Å². The largest absolute Gasteiger partial charge is 0.451 e. The summed E-state index contributed by atoms with van der Waals surface area (Å²) in [6.07, 6.45) is 0. The molecule has 0 aliphatic heterocycles. The van der Waals surface area contributed by atoms with Crippen LogP contribution in [0.15, 0.2) is 30.3 Å². The van der Waals surface area contributed by atoms with Crippen LogP contribution in [0.4, 0.5) is 8.78 Å². The molecule has 2 aromatic rings. The number of nitriles is 1. The third-order valence-corrected chi connectivity index (χ3v) is 2.77. The Labute approximate surface area is 114 Å². The van der Waals surface area contributed by atoms with E-state index in [2.05, 4.69) is 0 Å². The molecule has 2 rings (SSSR count). The number of aryl methyl sites for hydroxylation is 1. The van der Waals surface area contributed by atoms with Gasteiger partial charge < -0.3 is 9.84 Å². The van der Waals surface area contributed by atoms with Crippen molar-refractivity contribution in [3.8, 4) is 17.6 Å². The molecule has 0 saturated heterocycles. The molecule has 20 heavy (non-hydrogen) atoms. The lowest BCUT2D eigenvalue weighted by Crippen LogP contribution is -1.97. The van der Waals surface area contributed by atoms with Gasteiger partial charge >= 0.3 is 0 Å². The second-order valence-corrected chi connectivity index (χ2v) is 4.24. The molecule has 0 bridgehead atoms. The normalized spacial score (nSPS) is 10.2. The van der Waals surface area contributed by atoms with Gasteiger partial charge in [-0.2, -0.15) is 5.26 Å². The van der Waals surface area contributed by atoms with Crippen molar-refractivity contribution in [1.29, 1.82) is 5.26 Å². The van der Waals surface area contributed by atoms with E-state index < -0.39 is 24.0 Å². The third kappa shape index (κ3) is 2.76. The summed E-state index contributed by atoms with van der Waals surface area (Å²) >= 11 is 0. The molecule has 0 heterocycles. The average Bonchev–Trinajstić information content (AvgIpc) is 2.44. The van der Waals surface area contributed by atoms with Gasteiger partial charge in [0.1, 0.15) is 5.75 Å². The lowest BCUT2D eigenvalue weighted by Gasteiger charge is -2.11. The number of aliphatic hydroxyl groups excluding tert-OH is 1. The molecule has 0 aromatic heterocycles. The summed E-state index contributed by atoms with van der Waals surface area (Å²) in [5.74, 6) is -2.16. The van der Waals surface area contributed by atoms with Gasteiger partial charge in [-0.15, -0.1) is 0 Å². The minimum atomic E-state index is -0.907. The summed E-state index contributed by atoms with van der Waals surface area (Å²) in [7, 11) is 0. The number of hydrogen-bond donors (Lipinski definition) is 1. The first-order valence-corrected chi connectivity index (χ1v) is 5.82. The molecule has 0 amide bonds. The number of ether oxygens (including phenoxy) is 1. The molecule has 3 nitrogen and oxygen atoms in total. The fourth-order valence-corrected chi connectivity index (χ4v) is 1.69. The van der Waals surface area contributed by atoms with Crippen molar-refractivity contribution in [1.82, 2.24) is 0 Å². The van der Waals surface area contributed by atoms with Crippen LogP contribution in [0.2, 0.25) is 0 Å². The monoisotopic (exact) mass is 275 g/mol. The lowest BCUT2D eigenvalue weighted by molar-refractivity contribution is 0.279. The average molecular weight is 275 g/mol. The van der Waals surface area contributed by atoms with Gasteiger partial charge in [0, 0.05) is 0 Å². The van der Waals surface area contributed by atoms with Crippen molar-refractivity contribution in [3.05, 3.63) is 58.7 Å². The zero-order chi connectivity index (χ0) is 14.7. The Morgan fingerprint density at radius 3 is 2.40 bits per heavy atom. The van der Waals surface area contributed by atoms with Crippen LogP contribution in [0.3, 0.4) is 0 Å². The summed E-state index contributed by atoms with van der Waals surface area (Å²) in [4.78, 5) is 0. The molecule has 0 unspecified atom stereocenters. The van der Waals surface area contributed by atoms with Crippen molar-refractivity contribution in [2.24, 2.45) is 0 Å².